The van der Waals surface area contributed by atoms with E-state index in [9.17, 15) is 14.4 Å². The zero-order chi connectivity index (χ0) is 18.2. The fourth-order valence-corrected chi connectivity index (χ4v) is 1.72. The maximum atomic E-state index is 12.3. The van der Waals surface area contributed by atoms with E-state index < -0.39 is 42.3 Å². The molecule has 23 heavy (non-hydrogen) atoms. The lowest BCUT2D eigenvalue weighted by Gasteiger charge is -2.27. The summed E-state index contributed by atoms with van der Waals surface area (Å²) in [5, 5.41) is 14.0. The fourth-order valence-electron chi connectivity index (χ4n) is 1.72. The number of hydrogen-bond acceptors (Lipinski definition) is 6. The number of aliphatic hydroxyl groups excluding tert-OH is 1. The Morgan fingerprint density at radius 1 is 1.17 bits per heavy atom. The Kier molecular flexibility index (Phi) is 8.60. The van der Waals surface area contributed by atoms with E-state index in [-0.39, 0.29) is 5.92 Å². The van der Waals surface area contributed by atoms with Gasteiger partial charge in [-0.1, -0.05) is 20.3 Å². The Bertz CT molecular complexity index is 419. The Balaban J connectivity index is 4.99. The van der Waals surface area contributed by atoms with Crippen LogP contribution in [0.2, 0.25) is 0 Å². The van der Waals surface area contributed by atoms with Gasteiger partial charge in [-0.2, -0.15) is 0 Å². The highest BCUT2D eigenvalue weighted by atomic mass is 16.6. The Labute approximate surface area is 136 Å². The van der Waals surface area contributed by atoms with Crippen molar-refractivity contribution in [3.8, 4) is 0 Å². The highest BCUT2D eigenvalue weighted by molar-refractivity contribution is 5.89. The molecule has 0 aromatic heterocycles. The lowest BCUT2D eigenvalue weighted by atomic mass is 9.98. The maximum Gasteiger partial charge on any atom is 0.408 e. The summed E-state index contributed by atoms with van der Waals surface area (Å²) in [5.41, 5.74) is -0.694. The Hall–Kier alpha value is -1.83. The molecule has 0 aromatic carbocycles. The van der Waals surface area contributed by atoms with Crippen LogP contribution in [0.15, 0.2) is 0 Å². The minimum atomic E-state index is -1.18. The van der Waals surface area contributed by atoms with Gasteiger partial charge in [0.15, 0.2) is 6.04 Å². The minimum Gasteiger partial charge on any atom is -0.467 e. The number of esters is 1. The van der Waals surface area contributed by atoms with Gasteiger partial charge in [0, 0.05) is 0 Å². The van der Waals surface area contributed by atoms with Gasteiger partial charge < -0.3 is 25.2 Å². The number of carbonyl (C=O) groups is 3. The van der Waals surface area contributed by atoms with E-state index in [0.717, 1.165) is 7.11 Å². The number of ether oxygens (including phenoxy) is 2. The predicted octanol–water partition coefficient (Wildman–Crippen LogP) is 0.576. The summed E-state index contributed by atoms with van der Waals surface area (Å²) >= 11 is 0. The first-order valence-corrected chi connectivity index (χ1v) is 7.54. The van der Waals surface area contributed by atoms with Crippen molar-refractivity contribution in [3.63, 3.8) is 0 Å². The van der Waals surface area contributed by atoms with Crippen molar-refractivity contribution in [1.82, 2.24) is 10.6 Å². The standard InChI is InChI=1S/C15H28N2O6/c1-7-9(2)11(17-14(21)23-15(3,4)5)12(19)16-10(8-18)13(20)22-6/h9-11,18H,7-8H2,1-6H3,(H,16,19)(H,17,21)/t9?,10?,11-/m0/s1. The number of methoxy groups -OCH3 is 1. The molecule has 0 heterocycles. The van der Waals surface area contributed by atoms with E-state index in [2.05, 4.69) is 15.4 Å². The lowest BCUT2D eigenvalue weighted by molar-refractivity contribution is -0.146. The van der Waals surface area contributed by atoms with Crippen molar-refractivity contribution >= 4 is 18.0 Å². The molecule has 3 atom stereocenters. The molecule has 0 radical (unpaired) electrons. The molecule has 0 saturated carbocycles. The van der Waals surface area contributed by atoms with Gasteiger partial charge >= 0.3 is 12.1 Å². The zero-order valence-corrected chi connectivity index (χ0v) is 14.6. The minimum absolute atomic E-state index is 0.195. The normalized spacial score (nSPS) is 15.1. The Morgan fingerprint density at radius 2 is 1.74 bits per heavy atom. The van der Waals surface area contributed by atoms with Crippen LogP contribution in [-0.4, -0.2) is 54.5 Å². The van der Waals surface area contributed by atoms with Crippen molar-refractivity contribution in [2.45, 2.75) is 58.7 Å². The summed E-state index contributed by atoms with van der Waals surface area (Å²) in [6, 6.07) is -2.08. The Morgan fingerprint density at radius 3 is 2.13 bits per heavy atom. The molecule has 2 amide bonds. The second-order valence-electron chi connectivity index (χ2n) is 6.28. The first-order valence-electron chi connectivity index (χ1n) is 7.54. The summed E-state index contributed by atoms with van der Waals surface area (Å²) < 4.78 is 9.63. The summed E-state index contributed by atoms with van der Waals surface area (Å²) in [6.07, 6.45) is -0.104. The van der Waals surface area contributed by atoms with E-state index in [1.807, 2.05) is 6.92 Å². The third-order valence-electron chi connectivity index (χ3n) is 3.15. The van der Waals surface area contributed by atoms with Crippen LogP contribution in [0.25, 0.3) is 0 Å². The van der Waals surface area contributed by atoms with Crippen molar-refractivity contribution in [1.29, 1.82) is 0 Å². The molecule has 8 heteroatoms. The van der Waals surface area contributed by atoms with Gasteiger partial charge in [0.1, 0.15) is 11.6 Å². The molecule has 0 aromatic rings. The average molecular weight is 332 g/mol. The van der Waals surface area contributed by atoms with Gasteiger partial charge in [0.05, 0.1) is 13.7 Å². The van der Waals surface area contributed by atoms with Gasteiger partial charge in [-0.15, -0.1) is 0 Å². The zero-order valence-electron chi connectivity index (χ0n) is 14.6. The molecular weight excluding hydrogens is 304 g/mol. The van der Waals surface area contributed by atoms with Crippen molar-refractivity contribution < 1.29 is 29.0 Å². The van der Waals surface area contributed by atoms with Gasteiger partial charge in [-0.25, -0.2) is 9.59 Å². The van der Waals surface area contributed by atoms with E-state index in [4.69, 9.17) is 9.84 Å². The quantitative estimate of drug-likeness (QED) is 0.588. The molecule has 0 spiro atoms. The van der Waals surface area contributed by atoms with Gasteiger partial charge in [-0.3, -0.25) is 4.79 Å². The predicted molar refractivity (Wildman–Crippen MR) is 83.6 cm³/mol. The number of hydrogen-bond donors (Lipinski definition) is 3. The molecule has 8 nitrogen and oxygen atoms in total. The fraction of sp³-hybridized carbons (Fsp3) is 0.800. The topological polar surface area (TPSA) is 114 Å². The van der Waals surface area contributed by atoms with Gasteiger partial charge in [-0.05, 0) is 26.7 Å². The molecule has 0 aliphatic carbocycles. The van der Waals surface area contributed by atoms with Gasteiger partial charge in [0.2, 0.25) is 5.91 Å². The van der Waals surface area contributed by atoms with Crippen molar-refractivity contribution in [2.24, 2.45) is 5.92 Å². The van der Waals surface area contributed by atoms with E-state index in [1.54, 1.807) is 27.7 Å². The molecule has 2 unspecified atom stereocenters. The highest BCUT2D eigenvalue weighted by Gasteiger charge is 2.31. The third-order valence-corrected chi connectivity index (χ3v) is 3.15. The van der Waals surface area contributed by atoms with Crippen LogP contribution in [-0.2, 0) is 19.1 Å². The van der Waals surface area contributed by atoms with Gasteiger partial charge in [0.25, 0.3) is 0 Å². The van der Waals surface area contributed by atoms with Crippen LogP contribution < -0.4 is 10.6 Å². The van der Waals surface area contributed by atoms with Crippen molar-refractivity contribution in [3.05, 3.63) is 0 Å². The van der Waals surface area contributed by atoms with E-state index in [1.165, 1.54) is 0 Å². The average Bonchev–Trinajstić information content (AvgIpc) is 2.46. The molecule has 0 fully saturated rings. The van der Waals surface area contributed by atoms with Crippen LogP contribution in [0.5, 0.6) is 0 Å². The molecule has 0 saturated heterocycles. The number of rotatable bonds is 7. The molecule has 0 rings (SSSR count). The molecular formula is C15H28N2O6. The SMILES string of the molecule is CCC(C)[C@H](NC(=O)OC(C)(C)C)C(=O)NC(CO)C(=O)OC. The second-order valence-corrected chi connectivity index (χ2v) is 6.28. The first-order chi connectivity index (χ1) is 10.6. The van der Waals surface area contributed by atoms with Crippen LogP contribution in [0.3, 0.4) is 0 Å². The summed E-state index contributed by atoms with van der Waals surface area (Å²) in [5.74, 6) is -1.55. The number of carbonyl (C=O) groups excluding carboxylic acids is 3. The van der Waals surface area contributed by atoms with Crippen LogP contribution in [0.1, 0.15) is 41.0 Å². The number of nitrogens with one attached hydrogen (secondary N) is 2. The first kappa shape index (κ1) is 21.2. The molecule has 3 N–H and O–H groups in total. The van der Waals surface area contributed by atoms with Crippen LogP contribution in [0.4, 0.5) is 4.79 Å². The summed E-state index contributed by atoms with van der Waals surface area (Å²) in [7, 11) is 1.16. The number of amides is 2. The maximum absolute atomic E-state index is 12.3. The van der Waals surface area contributed by atoms with E-state index in [0.29, 0.717) is 6.42 Å². The number of aliphatic hydroxyl groups is 1. The molecule has 0 bridgehead atoms. The number of alkyl carbamates (subject to hydrolysis) is 1. The monoisotopic (exact) mass is 332 g/mol. The second kappa shape index (κ2) is 9.34. The molecule has 0 aliphatic rings. The largest absolute Gasteiger partial charge is 0.467 e. The molecule has 134 valence electrons. The summed E-state index contributed by atoms with van der Waals surface area (Å²) in [6.45, 7) is 8.19. The van der Waals surface area contributed by atoms with E-state index >= 15 is 0 Å². The molecule has 0 aliphatic heterocycles. The third kappa shape index (κ3) is 7.83. The lowest BCUT2D eigenvalue weighted by Crippen LogP contribution is -2.55. The van der Waals surface area contributed by atoms with Crippen LogP contribution in [0, 0.1) is 5.92 Å². The van der Waals surface area contributed by atoms with Crippen LogP contribution >= 0.6 is 0 Å². The highest BCUT2D eigenvalue weighted by Crippen LogP contribution is 2.11. The smallest absolute Gasteiger partial charge is 0.408 e. The summed E-state index contributed by atoms with van der Waals surface area (Å²) in [4.78, 5) is 35.7. The van der Waals surface area contributed by atoms with Crippen molar-refractivity contribution in [2.75, 3.05) is 13.7 Å².